The molecule has 0 saturated carbocycles. The number of hydrogen-bond donors (Lipinski definition) is 1. The van der Waals surface area contributed by atoms with Crippen molar-refractivity contribution in [3.8, 4) is 0 Å². The molecule has 1 heterocycles. The highest BCUT2D eigenvalue weighted by Gasteiger charge is 2.13. The van der Waals surface area contributed by atoms with E-state index in [0.717, 1.165) is 5.52 Å². The van der Waals surface area contributed by atoms with Gasteiger partial charge in [-0.3, -0.25) is 4.79 Å². The highest BCUT2D eigenvalue weighted by atomic mass is 16.4. The van der Waals surface area contributed by atoms with Crippen LogP contribution in [0.25, 0.3) is 11.1 Å². The van der Waals surface area contributed by atoms with Crippen LogP contribution < -0.4 is 0 Å². The summed E-state index contributed by atoms with van der Waals surface area (Å²) >= 11 is 0. The Morgan fingerprint density at radius 2 is 2.25 bits per heavy atom. The molecule has 4 heteroatoms. The van der Waals surface area contributed by atoms with Crippen LogP contribution in [-0.2, 0) is 11.2 Å². The second-order valence-corrected chi connectivity index (χ2v) is 4.04. The van der Waals surface area contributed by atoms with Gasteiger partial charge in [0.05, 0.1) is 6.42 Å². The molecular weight excluding hydrogens is 206 g/mol. The summed E-state index contributed by atoms with van der Waals surface area (Å²) < 4.78 is 5.59. The molecule has 0 aliphatic heterocycles. The number of benzene rings is 1. The van der Waals surface area contributed by atoms with Gasteiger partial charge < -0.3 is 9.52 Å². The molecule has 0 aliphatic carbocycles. The van der Waals surface area contributed by atoms with Crippen LogP contribution in [0.3, 0.4) is 0 Å². The average Bonchev–Trinajstić information content (AvgIpc) is 2.61. The zero-order chi connectivity index (χ0) is 11.7. The number of carboxylic acid groups (broad SMARTS) is 1. The van der Waals surface area contributed by atoms with Gasteiger partial charge >= 0.3 is 5.97 Å². The van der Waals surface area contributed by atoms with Gasteiger partial charge in [-0.25, -0.2) is 4.98 Å². The molecule has 0 spiro atoms. The molecule has 0 aliphatic rings. The Morgan fingerprint density at radius 3 is 2.88 bits per heavy atom. The molecule has 1 aromatic heterocycles. The van der Waals surface area contributed by atoms with Crippen LogP contribution in [0.1, 0.15) is 31.2 Å². The van der Waals surface area contributed by atoms with E-state index in [4.69, 9.17) is 9.52 Å². The lowest BCUT2D eigenvalue weighted by atomic mass is 10.1. The van der Waals surface area contributed by atoms with Crippen molar-refractivity contribution >= 4 is 17.1 Å². The van der Waals surface area contributed by atoms with Crippen LogP contribution in [0, 0.1) is 0 Å². The molecule has 0 atom stereocenters. The lowest BCUT2D eigenvalue weighted by Gasteiger charge is -1.97. The summed E-state index contributed by atoms with van der Waals surface area (Å²) in [6.45, 7) is 3.98. The minimum absolute atomic E-state index is 0.0376. The Bertz CT molecular complexity index is 528. The Labute approximate surface area is 92.9 Å². The maximum atomic E-state index is 10.7. The lowest BCUT2D eigenvalue weighted by Crippen LogP contribution is -1.99. The number of para-hydroxylation sites is 1. The fourth-order valence-electron chi connectivity index (χ4n) is 1.57. The first-order valence-corrected chi connectivity index (χ1v) is 5.18. The molecule has 0 bridgehead atoms. The molecule has 1 N–H and O–H groups in total. The largest absolute Gasteiger partial charge is 0.481 e. The zero-order valence-electron chi connectivity index (χ0n) is 9.23. The molecule has 0 amide bonds. The van der Waals surface area contributed by atoms with E-state index < -0.39 is 5.97 Å². The van der Waals surface area contributed by atoms with E-state index in [1.54, 1.807) is 12.1 Å². The Morgan fingerprint density at radius 1 is 1.50 bits per heavy atom. The van der Waals surface area contributed by atoms with Crippen molar-refractivity contribution in [2.75, 3.05) is 0 Å². The number of aromatic nitrogens is 1. The highest BCUT2D eigenvalue weighted by molar-refractivity contribution is 5.81. The Balaban J connectivity index is 2.54. The first kappa shape index (κ1) is 10.7. The smallest absolute Gasteiger partial charge is 0.307 e. The molecule has 4 nitrogen and oxygen atoms in total. The van der Waals surface area contributed by atoms with E-state index in [1.807, 2.05) is 19.9 Å². The topological polar surface area (TPSA) is 63.3 Å². The molecule has 0 unspecified atom stereocenters. The summed E-state index contributed by atoms with van der Waals surface area (Å²) in [6.07, 6.45) is -0.0376. The van der Waals surface area contributed by atoms with E-state index in [9.17, 15) is 4.79 Å². The summed E-state index contributed by atoms with van der Waals surface area (Å²) in [4.78, 5) is 15.0. The molecule has 16 heavy (non-hydrogen) atoms. The van der Waals surface area contributed by atoms with E-state index in [1.165, 1.54) is 0 Å². The summed E-state index contributed by atoms with van der Waals surface area (Å²) in [5, 5.41) is 8.78. The van der Waals surface area contributed by atoms with Gasteiger partial charge in [0.15, 0.2) is 11.5 Å². The molecule has 84 valence electrons. The number of carbonyl (C=O) groups is 1. The number of aliphatic carboxylic acids is 1. The molecule has 2 aromatic rings. The van der Waals surface area contributed by atoms with Crippen molar-refractivity contribution in [1.82, 2.24) is 4.98 Å². The van der Waals surface area contributed by atoms with Gasteiger partial charge in [-0.15, -0.1) is 0 Å². The first-order valence-electron chi connectivity index (χ1n) is 5.18. The third-order valence-corrected chi connectivity index (χ3v) is 2.35. The number of hydrogen-bond acceptors (Lipinski definition) is 3. The molecule has 2 rings (SSSR count). The minimum atomic E-state index is -0.866. The summed E-state index contributed by atoms with van der Waals surface area (Å²) in [7, 11) is 0. The monoisotopic (exact) mass is 219 g/mol. The number of rotatable bonds is 3. The van der Waals surface area contributed by atoms with Crippen LogP contribution in [0.4, 0.5) is 0 Å². The Kier molecular flexibility index (Phi) is 2.64. The molecule has 0 saturated heterocycles. The van der Waals surface area contributed by atoms with E-state index in [2.05, 4.69) is 4.98 Å². The van der Waals surface area contributed by atoms with Gasteiger partial charge in [0, 0.05) is 11.5 Å². The van der Waals surface area contributed by atoms with Gasteiger partial charge in [0.2, 0.25) is 0 Å². The van der Waals surface area contributed by atoms with Crippen LogP contribution in [0.15, 0.2) is 22.6 Å². The quantitative estimate of drug-likeness (QED) is 0.861. The van der Waals surface area contributed by atoms with Gasteiger partial charge in [0.25, 0.3) is 0 Å². The van der Waals surface area contributed by atoms with E-state index >= 15 is 0 Å². The van der Waals surface area contributed by atoms with Crippen LogP contribution in [0.2, 0.25) is 0 Å². The van der Waals surface area contributed by atoms with Crippen molar-refractivity contribution in [2.24, 2.45) is 0 Å². The third-order valence-electron chi connectivity index (χ3n) is 2.35. The number of nitrogens with zero attached hydrogens (tertiary/aromatic N) is 1. The third kappa shape index (κ3) is 1.91. The summed E-state index contributed by atoms with van der Waals surface area (Å²) in [5.74, 6) is -0.0205. The second kappa shape index (κ2) is 3.96. The van der Waals surface area contributed by atoms with Gasteiger partial charge in [-0.2, -0.15) is 0 Å². The maximum Gasteiger partial charge on any atom is 0.307 e. The van der Waals surface area contributed by atoms with Crippen molar-refractivity contribution in [3.63, 3.8) is 0 Å². The molecule has 0 radical (unpaired) electrons. The molecule has 0 fully saturated rings. The van der Waals surface area contributed by atoms with Crippen LogP contribution >= 0.6 is 0 Å². The lowest BCUT2D eigenvalue weighted by molar-refractivity contribution is -0.136. The molecule has 1 aromatic carbocycles. The van der Waals surface area contributed by atoms with Gasteiger partial charge in [0.1, 0.15) is 5.52 Å². The maximum absolute atomic E-state index is 10.7. The number of carboxylic acids is 1. The van der Waals surface area contributed by atoms with Crippen molar-refractivity contribution in [2.45, 2.75) is 26.2 Å². The normalized spacial score (nSPS) is 11.2. The van der Waals surface area contributed by atoms with Crippen molar-refractivity contribution in [3.05, 3.63) is 29.7 Å². The first-order chi connectivity index (χ1) is 7.58. The number of fused-ring (bicyclic) bond motifs is 1. The van der Waals surface area contributed by atoms with Gasteiger partial charge in [-0.05, 0) is 6.07 Å². The fraction of sp³-hybridized carbons (Fsp3) is 0.333. The zero-order valence-corrected chi connectivity index (χ0v) is 9.23. The van der Waals surface area contributed by atoms with Crippen molar-refractivity contribution < 1.29 is 14.3 Å². The SMILES string of the molecule is CC(C)c1nc2cccc(CC(=O)O)c2o1. The summed E-state index contributed by atoms with van der Waals surface area (Å²) in [6, 6.07) is 5.38. The number of oxazole rings is 1. The Hall–Kier alpha value is -1.84. The van der Waals surface area contributed by atoms with Gasteiger partial charge in [-0.1, -0.05) is 26.0 Å². The standard InChI is InChI=1S/C12H13NO3/c1-7(2)12-13-9-5-3-4-8(6-10(14)15)11(9)16-12/h3-5,7H,6H2,1-2H3,(H,14,15). The van der Waals surface area contributed by atoms with Crippen LogP contribution in [0.5, 0.6) is 0 Å². The highest BCUT2D eigenvalue weighted by Crippen LogP contribution is 2.24. The van der Waals surface area contributed by atoms with Crippen molar-refractivity contribution in [1.29, 1.82) is 0 Å². The summed E-state index contributed by atoms with van der Waals surface area (Å²) in [5.41, 5.74) is 1.99. The minimum Gasteiger partial charge on any atom is -0.481 e. The predicted molar refractivity (Wildman–Crippen MR) is 59.4 cm³/mol. The molecular formula is C12H13NO3. The van der Waals surface area contributed by atoms with E-state index in [0.29, 0.717) is 17.0 Å². The van der Waals surface area contributed by atoms with Crippen LogP contribution in [-0.4, -0.2) is 16.1 Å². The second-order valence-electron chi connectivity index (χ2n) is 4.04. The predicted octanol–water partition coefficient (Wildman–Crippen LogP) is 2.58. The van der Waals surface area contributed by atoms with E-state index in [-0.39, 0.29) is 12.3 Å². The average molecular weight is 219 g/mol. The fourth-order valence-corrected chi connectivity index (χ4v) is 1.57.